The second-order valence-corrected chi connectivity index (χ2v) is 7.91. The highest BCUT2D eigenvalue weighted by Gasteiger charge is 2.39. The van der Waals surface area contributed by atoms with Crippen LogP contribution in [0.4, 0.5) is 0 Å². The number of cyclic esters (lactones) is 1. The Hall–Kier alpha value is -1.91. The molecule has 0 aromatic heterocycles. The Labute approximate surface area is 150 Å². The first-order valence-electron chi connectivity index (χ1n) is 8.90. The van der Waals surface area contributed by atoms with Crippen LogP contribution in [0.15, 0.2) is 34.7 Å². The van der Waals surface area contributed by atoms with Gasteiger partial charge in [0, 0.05) is 5.57 Å². The highest BCUT2D eigenvalue weighted by Crippen LogP contribution is 2.45. The zero-order valence-corrected chi connectivity index (χ0v) is 16.4. The van der Waals surface area contributed by atoms with Crippen LogP contribution >= 0.6 is 0 Å². The van der Waals surface area contributed by atoms with Crippen molar-refractivity contribution in [3.63, 3.8) is 0 Å². The van der Waals surface area contributed by atoms with Gasteiger partial charge in [-0.1, -0.05) is 13.8 Å². The predicted molar refractivity (Wildman–Crippen MR) is 95.3 cm³/mol. The summed E-state index contributed by atoms with van der Waals surface area (Å²) in [6.45, 7) is 12.0. The molecular weight excluding hydrogens is 320 g/mol. The zero-order valence-electron chi connectivity index (χ0n) is 16.4. The first kappa shape index (κ1) is 19.4. The summed E-state index contributed by atoms with van der Waals surface area (Å²) in [6.07, 6.45) is 4.15. The van der Waals surface area contributed by atoms with E-state index in [-0.39, 0.29) is 23.4 Å². The average Bonchev–Trinajstić information content (AvgIpc) is 2.75. The Morgan fingerprint density at radius 1 is 1.08 bits per heavy atom. The van der Waals surface area contributed by atoms with Crippen LogP contribution in [0.5, 0.6) is 0 Å². The van der Waals surface area contributed by atoms with Gasteiger partial charge in [-0.3, -0.25) is 0 Å². The van der Waals surface area contributed by atoms with Crippen molar-refractivity contribution in [3.05, 3.63) is 34.7 Å². The van der Waals surface area contributed by atoms with Crippen molar-refractivity contribution in [2.45, 2.75) is 73.0 Å². The highest BCUT2D eigenvalue weighted by atomic mass is 16.6. The van der Waals surface area contributed by atoms with E-state index in [9.17, 15) is 4.79 Å². The van der Waals surface area contributed by atoms with Gasteiger partial charge in [0.1, 0.15) is 0 Å². The van der Waals surface area contributed by atoms with Gasteiger partial charge in [0.05, 0.1) is 25.6 Å². The molecule has 0 N–H and O–H groups in total. The number of esters is 1. The van der Waals surface area contributed by atoms with Crippen molar-refractivity contribution in [1.82, 2.24) is 0 Å². The predicted octanol–water partition coefficient (Wildman–Crippen LogP) is 4.60. The number of ether oxygens (including phenoxy) is 4. The Morgan fingerprint density at radius 3 is 2.24 bits per heavy atom. The minimum atomic E-state index is -0.492. The fourth-order valence-corrected chi connectivity index (χ4v) is 3.11. The molecule has 1 heterocycles. The molecule has 2 aliphatic rings. The van der Waals surface area contributed by atoms with Crippen LogP contribution in [-0.2, 0) is 23.7 Å². The Kier molecular flexibility index (Phi) is 5.86. The van der Waals surface area contributed by atoms with Crippen molar-refractivity contribution in [1.29, 1.82) is 0 Å². The van der Waals surface area contributed by atoms with Crippen LogP contribution in [0.2, 0.25) is 0 Å². The molecule has 5 nitrogen and oxygen atoms in total. The SMILES string of the molecule is CO/C=C1/CC(C)(C)CC/C1=C1/OC(=O)C(OC(C)C)=C1OC(C)C. The lowest BCUT2D eigenvalue weighted by molar-refractivity contribution is -0.137. The molecule has 140 valence electrons. The van der Waals surface area contributed by atoms with Crippen molar-refractivity contribution in [3.8, 4) is 0 Å². The number of hydrogen-bond donors (Lipinski definition) is 0. The molecule has 25 heavy (non-hydrogen) atoms. The normalized spacial score (nSPS) is 25.0. The lowest BCUT2D eigenvalue weighted by Crippen LogP contribution is -2.20. The minimum absolute atomic E-state index is 0.0965. The maximum Gasteiger partial charge on any atom is 0.383 e. The van der Waals surface area contributed by atoms with Crippen LogP contribution in [0.3, 0.4) is 0 Å². The molecule has 0 aromatic carbocycles. The van der Waals surface area contributed by atoms with Gasteiger partial charge < -0.3 is 18.9 Å². The van der Waals surface area contributed by atoms with E-state index in [2.05, 4.69) is 13.8 Å². The molecule has 1 aliphatic heterocycles. The fourth-order valence-electron chi connectivity index (χ4n) is 3.11. The average molecular weight is 350 g/mol. The van der Waals surface area contributed by atoms with Crippen LogP contribution in [-0.4, -0.2) is 25.3 Å². The molecule has 5 heteroatoms. The molecule has 1 fully saturated rings. The molecule has 0 saturated heterocycles. The van der Waals surface area contributed by atoms with Crippen molar-refractivity contribution in [2.24, 2.45) is 5.41 Å². The summed E-state index contributed by atoms with van der Waals surface area (Å²) in [5, 5.41) is 0. The van der Waals surface area contributed by atoms with Gasteiger partial charge in [-0.25, -0.2) is 4.79 Å². The number of carbonyl (C=O) groups excluding carboxylic acids is 1. The Bertz CT molecular complexity index is 620. The third-order valence-corrected chi connectivity index (χ3v) is 4.14. The van der Waals surface area contributed by atoms with Crippen LogP contribution in [0, 0.1) is 5.41 Å². The number of rotatable bonds is 5. The van der Waals surface area contributed by atoms with Gasteiger partial charge >= 0.3 is 5.97 Å². The molecule has 2 rings (SSSR count). The largest absolute Gasteiger partial charge is 0.504 e. The summed E-state index contributed by atoms with van der Waals surface area (Å²) in [5.41, 5.74) is 2.18. The van der Waals surface area contributed by atoms with Crippen molar-refractivity contribution >= 4 is 5.97 Å². The maximum atomic E-state index is 12.4. The molecule has 1 aliphatic carbocycles. The number of carbonyl (C=O) groups is 1. The minimum Gasteiger partial charge on any atom is -0.504 e. The molecule has 0 radical (unpaired) electrons. The number of methoxy groups -OCH3 is 1. The summed E-state index contributed by atoms with van der Waals surface area (Å²) in [4.78, 5) is 12.4. The van der Waals surface area contributed by atoms with Gasteiger partial charge in [0.2, 0.25) is 5.76 Å². The van der Waals surface area contributed by atoms with Crippen LogP contribution in [0.1, 0.15) is 60.8 Å². The van der Waals surface area contributed by atoms with E-state index in [1.165, 1.54) is 0 Å². The van der Waals surface area contributed by atoms with E-state index in [1.807, 2.05) is 27.7 Å². The van der Waals surface area contributed by atoms with E-state index in [0.29, 0.717) is 11.5 Å². The molecular formula is C20H30O5. The highest BCUT2D eigenvalue weighted by molar-refractivity contribution is 5.92. The van der Waals surface area contributed by atoms with E-state index >= 15 is 0 Å². The quantitative estimate of drug-likeness (QED) is 0.536. The van der Waals surface area contributed by atoms with Gasteiger partial charge in [0.25, 0.3) is 5.76 Å². The summed E-state index contributed by atoms with van der Waals surface area (Å²) in [5.74, 6) is 0.555. The van der Waals surface area contributed by atoms with Crippen molar-refractivity contribution < 1.29 is 23.7 Å². The smallest absolute Gasteiger partial charge is 0.383 e. The second-order valence-electron chi connectivity index (χ2n) is 7.91. The third-order valence-electron chi connectivity index (χ3n) is 4.14. The molecule has 1 saturated carbocycles. The summed E-state index contributed by atoms with van der Waals surface area (Å²) in [7, 11) is 1.63. The van der Waals surface area contributed by atoms with Gasteiger partial charge in [0.15, 0.2) is 5.76 Å². The molecule has 0 bridgehead atoms. The van der Waals surface area contributed by atoms with Gasteiger partial charge in [-0.05, 0) is 57.9 Å². The summed E-state index contributed by atoms with van der Waals surface area (Å²) in [6, 6.07) is 0. The lowest BCUT2D eigenvalue weighted by atomic mass is 9.73. The molecule has 0 unspecified atom stereocenters. The topological polar surface area (TPSA) is 54.0 Å². The van der Waals surface area contributed by atoms with Crippen molar-refractivity contribution in [2.75, 3.05) is 7.11 Å². The first-order valence-corrected chi connectivity index (χ1v) is 8.90. The second kappa shape index (κ2) is 7.54. The van der Waals surface area contributed by atoms with E-state index in [0.717, 1.165) is 30.4 Å². The van der Waals surface area contributed by atoms with Crippen LogP contribution in [0.25, 0.3) is 0 Å². The lowest BCUT2D eigenvalue weighted by Gasteiger charge is -2.33. The molecule has 0 amide bonds. The monoisotopic (exact) mass is 350 g/mol. The summed E-state index contributed by atoms with van der Waals surface area (Å²) < 4.78 is 22.5. The summed E-state index contributed by atoms with van der Waals surface area (Å²) >= 11 is 0. The fraction of sp³-hybridized carbons (Fsp3) is 0.650. The van der Waals surface area contributed by atoms with E-state index in [4.69, 9.17) is 18.9 Å². The molecule has 0 spiro atoms. The maximum absolute atomic E-state index is 12.4. The first-order chi connectivity index (χ1) is 11.6. The van der Waals surface area contributed by atoms with Crippen LogP contribution < -0.4 is 0 Å². The number of allylic oxidation sites excluding steroid dienone is 2. The molecule has 0 aromatic rings. The van der Waals surface area contributed by atoms with E-state index in [1.54, 1.807) is 13.4 Å². The Balaban J connectivity index is 2.53. The standard InChI is InChI=1S/C20H30O5/c1-12(2)23-17-16(25-19(21)18(17)24-13(3)4)15-8-9-20(5,6)10-14(15)11-22-7/h11-13H,8-10H2,1-7H3/b14-11-,16-15-. The van der Waals surface area contributed by atoms with Gasteiger partial charge in [-0.15, -0.1) is 0 Å². The third kappa shape index (κ3) is 4.59. The molecule has 0 atom stereocenters. The number of hydrogen-bond acceptors (Lipinski definition) is 5. The Morgan fingerprint density at radius 2 is 1.68 bits per heavy atom. The van der Waals surface area contributed by atoms with E-state index < -0.39 is 5.97 Å². The zero-order chi connectivity index (χ0) is 18.8. The van der Waals surface area contributed by atoms with Gasteiger partial charge in [-0.2, -0.15) is 0 Å².